The van der Waals surface area contributed by atoms with Crippen molar-refractivity contribution in [3.63, 3.8) is 0 Å². The molecule has 4 rings (SSSR count). The molecule has 4 atom stereocenters. The molecule has 0 aliphatic carbocycles. The molecule has 2 aliphatic heterocycles. The maximum Gasteiger partial charge on any atom is 0.328 e. The number of fused-ring (bicyclic) bond motifs is 1. The molecule has 1 aromatic carbocycles. The van der Waals surface area contributed by atoms with Gasteiger partial charge in [-0.25, -0.2) is 4.79 Å². The maximum absolute atomic E-state index is 13.1. The summed E-state index contributed by atoms with van der Waals surface area (Å²) in [5.74, 6) is -3.89. The Balaban J connectivity index is 1.52. The third kappa shape index (κ3) is 3.88. The van der Waals surface area contributed by atoms with Crippen molar-refractivity contribution in [3.05, 3.63) is 52.2 Å². The van der Waals surface area contributed by atoms with Gasteiger partial charge in [0.05, 0.1) is 0 Å². The van der Waals surface area contributed by atoms with Gasteiger partial charge in [0.15, 0.2) is 5.92 Å². The summed E-state index contributed by atoms with van der Waals surface area (Å²) in [6.45, 7) is 5.42. The lowest BCUT2D eigenvalue weighted by molar-refractivity contribution is -0.161. The number of benzene rings is 1. The first-order valence-corrected chi connectivity index (χ1v) is 11.8. The number of β-lactam (4-membered cyclic amide) rings is 1. The highest BCUT2D eigenvalue weighted by atomic mass is 32.2. The fourth-order valence-corrected chi connectivity index (χ4v) is 6.31. The van der Waals surface area contributed by atoms with E-state index in [0.29, 0.717) is 11.3 Å². The summed E-state index contributed by atoms with van der Waals surface area (Å²) < 4.78 is 4.73. The molecule has 2 aliphatic rings. The van der Waals surface area contributed by atoms with Gasteiger partial charge in [0.1, 0.15) is 23.2 Å². The Morgan fingerprint density at radius 2 is 1.88 bits per heavy atom. The van der Waals surface area contributed by atoms with Gasteiger partial charge in [0, 0.05) is 4.75 Å². The molecule has 32 heavy (non-hydrogen) atoms. The molecule has 2 saturated heterocycles. The summed E-state index contributed by atoms with van der Waals surface area (Å²) in [5.41, 5.74) is 1.47. The lowest BCUT2D eigenvalue weighted by Crippen LogP contribution is -2.71. The van der Waals surface area contributed by atoms with Crippen LogP contribution >= 0.6 is 23.1 Å². The molecule has 0 bridgehead atoms. The van der Waals surface area contributed by atoms with Crippen molar-refractivity contribution in [1.29, 1.82) is 0 Å². The number of hydrogen-bond acceptors (Lipinski definition) is 7. The molecule has 2 fully saturated rings. The van der Waals surface area contributed by atoms with E-state index in [9.17, 15) is 24.3 Å². The molecule has 2 N–H and O–H groups in total. The number of ether oxygens (including phenoxy) is 1. The van der Waals surface area contributed by atoms with Gasteiger partial charge in [0.2, 0.25) is 11.8 Å². The summed E-state index contributed by atoms with van der Waals surface area (Å²) in [6, 6.07) is 6.66. The summed E-state index contributed by atoms with van der Waals surface area (Å²) in [7, 11) is 0. The van der Waals surface area contributed by atoms with Crippen LogP contribution in [0.3, 0.4) is 0 Å². The SMILES string of the molecule is Cc1ccc(OC(=O)C(C(=O)N[C@@H]2C(=O)N3[C@@H]2SC(C)(C)[C@@H]3C(=O)O)c2ccsc2)cc1. The first-order valence-electron chi connectivity index (χ1n) is 9.94. The number of carbonyl (C=O) groups excluding carboxylic acids is 3. The largest absolute Gasteiger partial charge is 0.480 e. The van der Waals surface area contributed by atoms with Gasteiger partial charge in [-0.2, -0.15) is 11.3 Å². The van der Waals surface area contributed by atoms with Crippen LogP contribution in [0.15, 0.2) is 41.1 Å². The van der Waals surface area contributed by atoms with Crippen LogP contribution < -0.4 is 10.1 Å². The number of aryl methyl sites for hydroxylation is 1. The van der Waals surface area contributed by atoms with Crippen LogP contribution in [0.2, 0.25) is 0 Å². The molecular weight excluding hydrogens is 452 g/mol. The monoisotopic (exact) mass is 474 g/mol. The zero-order chi connectivity index (χ0) is 23.2. The quantitative estimate of drug-likeness (QED) is 0.286. The lowest BCUT2D eigenvalue weighted by atomic mass is 9.95. The molecule has 168 valence electrons. The summed E-state index contributed by atoms with van der Waals surface area (Å²) in [5, 5.41) is 15.1. The van der Waals surface area contributed by atoms with E-state index in [4.69, 9.17) is 4.74 Å². The van der Waals surface area contributed by atoms with Gasteiger partial charge >= 0.3 is 11.9 Å². The number of carboxylic acids is 1. The number of thiophene rings is 1. The van der Waals surface area contributed by atoms with Gasteiger partial charge in [-0.05, 0) is 55.3 Å². The van der Waals surface area contributed by atoms with Crippen molar-refractivity contribution < 1.29 is 29.0 Å². The van der Waals surface area contributed by atoms with E-state index >= 15 is 0 Å². The predicted molar refractivity (Wildman–Crippen MR) is 120 cm³/mol. The van der Waals surface area contributed by atoms with Gasteiger partial charge in [-0.3, -0.25) is 14.4 Å². The first-order chi connectivity index (χ1) is 15.1. The molecule has 2 amide bonds. The number of aliphatic carboxylic acids is 1. The summed E-state index contributed by atoms with van der Waals surface area (Å²) in [4.78, 5) is 51.7. The Hall–Kier alpha value is -2.85. The highest BCUT2D eigenvalue weighted by Gasteiger charge is 2.64. The first kappa shape index (κ1) is 22.3. The molecule has 8 nitrogen and oxygen atoms in total. The van der Waals surface area contributed by atoms with Crippen molar-refractivity contribution in [2.24, 2.45) is 0 Å². The third-order valence-electron chi connectivity index (χ3n) is 5.59. The molecular formula is C22H22N2O6S2. The van der Waals surface area contributed by atoms with Crippen LogP contribution in [-0.4, -0.2) is 56.0 Å². The van der Waals surface area contributed by atoms with Crippen LogP contribution in [0.4, 0.5) is 0 Å². The Labute approximate surface area is 192 Å². The zero-order valence-electron chi connectivity index (χ0n) is 17.6. The molecule has 0 spiro atoms. The summed E-state index contributed by atoms with van der Waals surface area (Å²) >= 11 is 2.66. The highest BCUT2D eigenvalue weighted by molar-refractivity contribution is 8.01. The predicted octanol–water partition coefficient (Wildman–Crippen LogP) is 2.38. The second kappa shape index (κ2) is 8.25. The number of hydrogen-bond donors (Lipinski definition) is 2. The van der Waals surface area contributed by atoms with Crippen LogP contribution in [0.25, 0.3) is 0 Å². The Morgan fingerprint density at radius 3 is 2.47 bits per heavy atom. The van der Waals surface area contributed by atoms with Gasteiger partial charge in [-0.1, -0.05) is 17.7 Å². The lowest BCUT2D eigenvalue weighted by Gasteiger charge is -2.43. The number of carboxylic acid groups (broad SMARTS) is 1. The van der Waals surface area contributed by atoms with Gasteiger partial charge in [0.25, 0.3) is 0 Å². The van der Waals surface area contributed by atoms with Gasteiger partial charge < -0.3 is 20.1 Å². The number of carbonyl (C=O) groups is 4. The molecule has 10 heteroatoms. The maximum atomic E-state index is 13.1. The Bertz CT molecular complexity index is 1070. The van der Waals surface area contributed by atoms with E-state index in [1.807, 2.05) is 6.92 Å². The fraction of sp³-hybridized carbons (Fsp3) is 0.364. The van der Waals surface area contributed by atoms with Crippen molar-refractivity contribution in [2.75, 3.05) is 0 Å². The molecule has 1 unspecified atom stereocenters. The highest BCUT2D eigenvalue weighted by Crippen LogP contribution is 2.50. The number of nitrogens with one attached hydrogen (secondary N) is 1. The second-order valence-corrected chi connectivity index (χ2v) is 10.9. The van der Waals surface area contributed by atoms with Crippen LogP contribution in [-0.2, 0) is 19.2 Å². The van der Waals surface area contributed by atoms with Crippen LogP contribution in [0.5, 0.6) is 5.75 Å². The van der Waals surface area contributed by atoms with Crippen LogP contribution in [0.1, 0.15) is 30.9 Å². The van der Waals surface area contributed by atoms with Crippen molar-refractivity contribution in [1.82, 2.24) is 10.2 Å². The molecule has 0 saturated carbocycles. The van der Waals surface area contributed by atoms with Crippen molar-refractivity contribution in [2.45, 2.75) is 48.9 Å². The topological polar surface area (TPSA) is 113 Å². The standard InChI is InChI=1S/C22H22N2O6S2/c1-11-4-6-13(7-5-11)30-21(29)14(12-8-9-31-10-12)17(25)23-15-18(26)24-16(20(27)28)22(2,3)32-19(15)24/h4-10,14-16,19H,1-3H3,(H,23,25)(H,27,28)/t14?,15-,16+,19-/m1/s1. The molecule has 2 aromatic rings. The minimum atomic E-state index is -1.25. The minimum absolute atomic E-state index is 0.317. The van der Waals surface area contributed by atoms with E-state index in [0.717, 1.165) is 5.56 Å². The Kier molecular flexibility index (Phi) is 5.76. The molecule has 0 radical (unpaired) electrons. The smallest absolute Gasteiger partial charge is 0.328 e. The fourth-order valence-electron chi connectivity index (χ4n) is 4.00. The number of thioether (sulfide) groups is 1. The number of rotatable bonds is 6. The van der Waals surface area contributed by atoms with E-state index < -0.39 is 51.9 Å². The van der Waals surface area contributed by atoms with E-state index in [1.54, 1.807) is 54.9 Å². The van der Waals surface area contributed by atoms with Crippen LogP contribution in [0, 0.1) is 6.92 Å². The van der Waals surface area contributed by atoms with E-state index in [2.05, 4.69) is 5.32 Å². The van der Waals surface area contributed by atoms with E-state index in [-0.39, 0.29) is 0 Å². The van der Waals surface area contributed by atoms with Crippen molar-refractivity contribution >= 4 is 46.9 Å². The van der Waals surface area contributed by atoms with Gasteiger partial charge in [-0.15, -0.1) is 11.8 Å². The van der Waals surface area contributed by atoms with Crippen molar-refractivity contribution in [3.8, 4) is 5.75 Å². The minimum Gasteiger partial charge on any atom is -0.480 e. The average Bonchev–Trinajstić information content (AvgIpc) is 3.32. The number of amides is 2. The third-order valence-corrected chi connectivity index (χ3v) is 7.86. The Morgan fingerprint density at radius 1 is 1.19 bits per heavy atom. The second-order valence-electron chi connectivity index (χ2n) is 8.31. The molecule has 3 heterocycles. The normalized spacial score (nSPS) is 24.3. The average molecular weight is 475 g/mol. The zero-order valence-corrected chi connectivity index (χ0v) is 19.2. The number of nitrogens with zero attached hydrogens (tertiary/aromatic N) is 1. The number of esters is 1. The summed E-state index contributed by atoms with van der Waals surface area (Å²) in [6.07, 6.45) is 0. The molecule has 1 aromatic heterocycles. The van der Waals surface area contributed by atoms with E-state index in [1.165, 1.54) is 28.0 Å².